The molecular formula is C7H14N2O. The van der Waals surface area contributed by atoms with Gasteiger partial charge in [0.15, 0.2) is 5.72 Å². The normalized spacial score (nSPS) is 31.0. The Labute approximate surface area is 61.4 Å². The minimum atomic E-state index is -0.186. The number of nitrogens with one attached hydrogen (secondary N) is 2. The molecule has 0 amide bonds. The molecule has 0 aromatic heterocycles. The summed E-state index contributed by atoms with van der Waals surface area (Å²) in [5.41, 5.74) is -0.186. The van der Waals surface area contributed by atoms with Crippen LogP contribution in [0.4, 0.5) is 0 Å². The van der Waals surface area contributed by atoms with E-state index in [-0.39, 0.29) is 5.72 Å². The highest BCUT2D eigenvalue weighted by Crippen LogP contribution is 2.13. The van der Waals surface area contributed by atoms with Gasteiger partial charge in [0.25, 0.3) is 0 Å². The zero-order valence-corrected chi connectivity index (χ0v) is 6.48. The molecule has 1 aliphatic heterocycles. The first kappa shape index (κ1) is 7.41. The van der Waals surface area contributed by atoms with Crippen molar-refractivity contribution in [1.29, 1.82) is 0 Å². The predicted octanol–water partition coefficient (Wildman–Crippen LogP) is 0.403. The van der Waals surface area contributed by atoms with Crippen LogP contribution in [0, 0.1) is 0 Å². The third-order valence-corrected chi connectivity index (χ3v) is 1.89. The van der Waals surface area contributed by atoms with Gasteiger partial charge in [0.2, 0.25) is 0 Å². The molecule has 1 heterocycles. The lowest BCUT2D eigenvalue weighted by Crippen LogP contribution is -2.52. The summed E-state index contributed by atoms with van der Waals surface area (Å²) in [6.45, 7) is 2.92. The molecule has 1 aliphatic rings. The molecule has 3 nitrogen and oxygen atoms in total. The summed E-state index contributed by atoms with van der Waals surface area (Å²) in [6, 6.07) is 0. The van der Waals surface area contributed by atoms with Crippen molar-refractivity contribution in [3.05, 3.63) is 12.5 Å². The molecule has 0 aromatic carbocycles. The zero-order chi connectivity index (χ0) is 7.45. The van der Waals surface area contributed by atoms with Crippen molar-refractivity contribution in [2.45, 2.75) is 19.1 Å². The second kappa shape index (κ2) is 2.92. The van der Waals surface area contributed by atoms with Crippen LogP contribution in [0.1, 0.15) is 13.3 Å². The molecule has 0 fully saturated rings. The van der Waals surface area contributed by atoms with Crippen LogP contribution < -0.4 is 10.6 Å². The molecule has 0 spiro atoms. The summed E-state index contributed by atoms with van der Waals surface area (Å²) in [6.07, 6.45) is 4.45. The highest BCUT2D eigenvalue weighted by atomic mass is 16.5. The van der Waals surface area contributed by atoms with Crippen LogP contribution in [0.25, 0.3) is 0 Å². The van der Waals surface area contributed by atoms with E-state index in [9.17, 15) is 0 Å². The summed E-state index contributed by atoms with van der Waals surface area (Å²) in [4.78, 5) is 0. The van der Waals surface area contributed by atoms with E-state index in [1.165, 1.54) is 0 Å². The molecule has 0 radical (unpaired) electrons. The van der Waals surface area contributed by atoms with Gasteiger partial charge in [-0.15, -0.1) is 0 Å². The number of likely N-dealkylation sites (N-methyl/N-ethyl adjacent to an activating group) is 1. The van der Waals surface area contributed by atoms with Gasteiger partial charge in [0.1, 0.15) is 6.26 Å². The van der Waals surface area contributed by atoms with Gasteiger partial charge in [-0.1, -0.05) is 6.92 Å². The molecule has 1 atom stereocenters. The topological polar surface area (TPSA) is 33.3 Å². The molecule has 0 saturated heterocycles. The van der Waals surface area contributed by atoms with E-state index in [0.717, 1.165) is 13.0 Å². The third-order valence-electron chi connectivity index (χ3n) is 1.89. The lowest BCUT2D eigenvalue weighted by Gasteiger charge is -2.34. The maximum atomic E-state index is 5.41. The van der Waals surface area contributed by atoms with Gasteiger partial charge in [0, 0.05) is 6.20 Å². The molecule has 1 unspecified atom stereocenters. The summed E-state index contributed by atoms with van der Waals surface area (Å²) < 4.78 is 5.41. The Morgan fingerprint density at radius 1 is 1.80 bits per heavy atom. The molecule has 3 heteroatoms. The molecular weight excluding hydrogens is 128 g/mol. The molecule has 58 valence electrons. The summed E-state index contributed by atoms with van der Waals surface area (Å²) in [7, 11) is 1.91. The molecule has 0 aliphatic carbocycles. The van der Waals surface area contributed by atoms with E-state index in [1.54, 1.807) is 6.26 Å². The summed E-state index contributed by atoms with van der Waals surface area (Å²) >= 11 is 0. The second-order valence-corrected chi connectivity index (χ2v) is 2.40. The summed E-state index contributed by atoms with van der Waals surface area (Å²) in [5.74, 6) is 0. The van der Waals surface area contributed by atoms with E-state index in [1.807, 2.05) is 13.2 Å². The fraction of sp³-hybridized carbons (Fsp3) is 0.714. The smallest absolute Gasteiger partial charge is 0.176 e. The highest BCUT2D eigenvalue weighted by molar-refractivity contribution is 4.89. The van der Waals surface area contributed by atoms with Gasteiger partial charge < -0.3 is 10.1 Å². The van der Waals surface area contributed by atoms with Crippen LogP contribution in [0.15, 0.2) is 12.5 Å². The van der Waals surface area contributed by atoms with Gasteiger partial charge >= 0.3 is 0 Å². The van der Waals surface area contributed by atoms with Crippen molar-refractivity contribution in [2.75, 3.05) is 13.6 Å². The van der Waals surface area contributed by atoms with E-state index in [4.69, 9.17) is 4.74 Å². The van der Waals surface area contributed by atoms with E-state index >= 15 is 0 Å². The Hall–Kier alpha value is -0.700. The van der Waals surface area contributed by atoms with Gasteiger partial charge in [-0.25, -0.2) is 0 Å². The maximum absolute atomic E-state index is 5.41. The standard InChI is InChI=1S/C7H14N2O/c1-3-7(8-2)6-9-4-5-10-7/h4-5,8-9H,3,6H2,1-2H3. The lowest BCUT2D eigenvalue weighted by molar-refractivity contribution is -0.0140. The molecule has 0 aromatic rings. The first-order chi connectivity index (χ1) is 4.83. The quantitative estimate of drug-likeness (QED) is 0.585. The monoisotopic (exact) mass is 142 g/mol. The third kappa shape index (κ3) is 1.24. The van der Waals surface area contributed by atoms with E-state index < -0.39 is 0 Å². The Morgan fingerprint density at radius 3 is 2.90 bits per heavy atom. The average molecular weight is 142 g/mol. The Kier molecular flexibility index (Phi) is 2.17. The van der Waals surface area contributed by atoms with Gasteiger partial charge in [-0.2, -0.15) is 0 Å². The maximum Gasteiger partial charge on any atom is 0.176 e. The minimum absolute atomic E-state index is 0.186. The minimum Gasteiger partial charge on any atom is -0.477 e. The van der Waals surface area contributed by atoms with Gasteiger partial charge in [-0.05, 0) is 13.5 Å². The molecule has 10 heavy (non-hydrogen) atoms. The second-order valence-electron chi connectivity index (χ2n) is 2.40. The van der Waals surface area contributed by atoms with Crippen LogP contribution in [-0.4, -0.2) is 19.3 Å². The predicted molar refractivity (Wildman–Crippen MR) is 40.3 cm³/mol. The first-order valence-corrected chi connectivity index (χ1v) is 3.58. The van der Waals surface area contributed by atoms with Crippen molar-refractivity contribution in [3.8, 4) is 0 Å². The number of hydrogen-bond acceptors (Lipinski definition) is 3. The molecule has 0 saturated carbocycles. The van der Waals surface area contributed by atoms with Crippen molar-refractivity contribution < 1.29 is 4.74 Å². The van der Waals surface area contributed by atoms with Gasteiger partial charge in [0.05, 0.1) is 6.54 Å². The van der Waals surface area contributed by atoms with E-state index in [0.29, 0.717) is 0 Å². The summed E-state index contributed by atoms with van der Waals surface area (Å²) in [5, 5.41) is 6.24. The Bertz CT molecular complexity index is 130. The molecule has 2 N–H and O–H groups in total. The van der Waals surface area contributed by atoms with Crippen molar-refractivity contribution in [3.63, 3.8) is 0 Å². The van der Waals surface area contributed by atoms with Crippen LogP contribution in [0.2, 0.25) is 0 Å². The number of rotatable bonds is 2. The Morgan fingerprint density at radius 2 is 2.60 bits per heavy atom. The number of hydrogen-bond donors (Lipinski definition) is 2. The lowest BCUT2D eigenvalue weighted by atomic mass is 10.1. The molecule has 0 bridgehead atoms. The van der Waals surface area contributed by atoms with E-state index in [2.05, 4.69) is 17.6 Å². The fourth-order valence-corrected chi connectivity index (χ4v) is 1.01. The SMILES string of the molecule is CCC1(NC)CNC=CO1. The average Bonchev–Trinajstić information content (AvgIpc) is 2.06. The fourth-order valence-electron chi connectivity index (χ4n) is 1.01. The van der Waals surface area contributed by atoms with Crippen LogP contribution in [0.3, 0.4) is 0 Å². The van der Waals surface area contributed by atoms with Crippen LogP contribution in [-0.2, 0) is 4.74 Å². The first-order valence-electron chi connectivity index (χ1n) is 3.58. The number of ether oxygens (including phenoxy) is 1. The van der Waals surface area contributed by atoms with Crippen LogP contribution in [0.5, 0.6) is 0 Å². The van der Waals surface area contributed by atoms with Crippen molar-refractivity contribution >= 4 is 0 Å². The van der Waals surface area contributed by atoms with Crippen molar-refractivity contribution in [1.82, 2.24) is 10.6 Å². The largest absolute Gasteiger partial charge is 0.477 e. The zero-order valence-electron chi connectivity index (χ0n) is 6.48. The van der Waals surface area contributed by atoms with Crippen LogP contribution >= 0.6 is 0 Å². The van der Waals surface area contributed by atoms with Crippen molar-refractivity contribution in [2.24, 2.45) is 0 Å². The molecule has 1 rings (SSSR count). The Balaban J connectivity index is 2.55. The van der Waals surface area contributed by atoms with Gasteiger partial charge in [-0.3, -0.25) is 5.32 Å². The highest BCUT2D eigenvalue weighted by Gasteiger charge is 2.27.